The minimum Gasteiger partial charge on any atom is -0.493 e. The van der Waals surface area contributed by atoms with Gasteiger partial charge in [-0.3, -0.25) is 0 Å². The van der Waals surface area contributed by atoms with E-state index in [0.717, 1.165) is 5.56 Å². The lowest BCUT2D eigenvalue weighted by molar-refractivity contribution is 0.0729. The zero-order valence-electron chi connectivity index (χ0n) is 12.0. The first-order valence-electron chi connectivity index (χ1n) is 6.57. The molecule has 2 rings (SSSR count). The maximum atomic E-state index is 12.9. The molecule has 114 valence electrons. The third-order valence-corrected chi connectivity index (χ3v) is 3.10. The van der Waals surface area contributed by atoms with E-state index in [-0.39, 0.29) is 5.56 Å². The Hall–Kier alpha value is -2.27. The van der Waals surface area contributed by atoms with Crippen LogP contribution in [0.2, 0.25) is 0 Å². The third kappa shape index (κ3) is 4.11. The van der Waals surface area contributed by atoms with Gasteiger partial charge in [-0.15, -0.1) is 0 Å². The van der Waals surface area contributed by atoms with Gasteiger partial charge in [0.15, 0.2) is 11.5 Å². The van der Waals surface area contributed by atoms with Gasteiger partial charge in [-0.05, 0) is 42.0 Å². The molecule has 0 unspecified atom stereocenters. The van der Waals surface area contributed by atoms with Crippen molar-refractivity contribution in [2.45, 2.75) is 0 Å². The standard InChI is InChI=1S/C17H15FO3S/c1-20-16-11-12(3-2-10-22)4-9-15(16)21-17(19)13-5-7-14(18)8-6-13/h2-9,11,22H,10H2,1H3. The van der Waals surface area contributed by atoms with E-state index in [4.69, 9.17) is 9.47 Å². The van der Waals surface area contributed by atoms with Crippen LogP contribution in [0.1, 0.15) is 15.9 Å². The fourth-order valence-electron chi connectivity index (χ4n) is 1.81. The highest BCUT2D eigenvalue weighted by Gasteiger charge is 2.12. The van der Waals surface area contributed by atoms with Gasteiger partial charge in [0, 0.05) is 5.75 Å². The van der Waals surface area contributed by atoms with Crippen LogP contribution in [-0.2, 0) is 0 Å². The van der Waals surface area contributed by atoms with Gasteiger partial charge in [0.25, 0.3) is 0 Å². The Bertz CT molecular complexity index is 681. The van der Waals surface area contributed by atoms with Crippen LogP contribution in [0, 0.1) is 5.82 Å². The average molecular weight is 318 g/mol. The van der Waals surface area contributed by atoms with E-state index in [1.807, 2.05) is 12.2 Å². The molecule has 0 bridgehead atoms. The lowest BCUT2D eigenvalue weighted by atomic mass is 10.2. The number of benzene rings is 2. The predicted molar refractivity (Wildman–Crippen MR) is 87.2 cm³/mol. The fraction of sp³-hybridized carbons (Fsp3) is 0.118. The quantitative estimate of drug-likeness (QED) is 0.514. The Kier molecular flexibility index (Phi) is 5.61. The Morgan fingerprint density at radius 1 is 1.18 bits per heavy atom. The largest absolute Gasteiger partial charge is 0.493 e. The second-order valence-corrected chi connectivity index (χ2v) is 4.76. The Labute approximate surface area is 133 Å². The van der Waals surface area contributed by atoms with E-state index in [1.165, 1.54) is 31.4 Å². The molecule has 0 N–H and O–H groups in total. The van der Waals surface area contributed by atoms with Crippen molar-refractivity contribution in [3.63, 3.8) is 0 Å². The maximum absolute atomic E-state index is 12.9. The van der Waals surface area contributed by atoms with Crippen LogP contribution in [0.3, 0.4) is 0 Å². The molecule has 0 amide bonds. The molecule has 2 aromatic carbocycles. The van der Waals surface area contributed by atoms with Gasteiger partial charge in [-0.1, -0.05) is 18.2 Å². The summed E-state index contributed by atoms with van der Waals surface area (Å²) in [5.74, 6) is 0.395. The number of hydrogen-bond donors (Lipinski definition) is 1. The highest BCUT2D eigenvalue weighted by Crippen LogP contribution is 2.29. The summed E-state index contributed by atoms with van der Waals surface area (Å²) in [5.41, 5.74) is 1.18. The Balaban J connectivity index is 2.19. The highest BCUT2D eigenvalue weighted by atomic mass is 32.1. The molecule has 0 heterocycles. The predicted octanol–water partition coefficient (Wildman–Crippen LogP) is 4.00. The normalized spacial score (nSPS) is 10.7. The fourth-order valence-corrected chi connectivity index (χ4v) is 1.91. The van der Waals surface area contributed by atoms with Crippen LogP contribution >= 0.6 is 12.6 Å². The molecule has 0 atom stereocenters. The van der Waals surface area contributed by atoms with Crippen LogP contribution in [0.5, 0.6) is 11.5 Å². The number of esters is 1. The van der Waals surface area contributed by atoms with Crippen LogP contribution in [0.4, 0.5) is 4.39 Å². The minimum atomic E-state index is -0.572. The summed E-state index contributed by atoms with van der Waals surface area (Å²) in [6.45, 7) is 0. The van der Waals surface area contributed by atoms with E-state index in [1.54, 1.807) is 18.2 Å². The van der Waals surface area contributed by atoms with Crippen molar-refractivity contribution in [1.82, 2.24) is 0 Å². The van der Waals surface area contributed by atoms with Crippen molar-refractivity contribution in [3.05, 3.63) is 65.5 Å². The lowest BCUT2D eigenvalue weighted by Gasteiger charge is -2.10. The number of methoxy groups -OCH3 is 1. The maximum Gasteiger partial charge on any atom is 0.343 e. The molecule has 0 fully saturated rings. The van der Waals surface area contributed by atoms with Gasteiger partial charge in [-0.2, -0.15) is 12.6 Å². The van der Waals surface area contributed by atoms with Crippen molar-refractivity contribution in [2.75, 3.05) is 12.9 Å². The number of rotatable bonds is 5. The molecule has 5 heteroatoms. The van der Waals surface area contributed by atoms with E-state index in [9.17, 15) is 9.18 Å². The van der Waals surface area contributed by atoms with Gasteiger partial charge >= 0.3 is 5.97 Å². The molecular weight excluding hydrogens is 303 g/mol. The lowest BCUT2D eigenvalue weighted by Crippen LogP contribution is -2.09. The summed E-state index contributed by atoms with van der Waals surface area (Å²) in [7, 11) is 1.50. The summed E-state index contributed by atoms with van der Waals surface area (Å²) in [5, 5.41) is 0. The van der Waals surface area contributed by atoms with Gasteiger partial charge < -0.3 is 9.47 Å². The minimum absolute atomic E-state index is 0.266. The summed E-state index contributed by atoms with van der Waals surface area (Å²) < 4.78 is 23.4. The van der Waals surface area contributed by atoms with Crippen LogP contribution in [0.15, 0.2) is 48.5 Å². The van der Waals surface area contributed by atoms with Gasteiger partial charge in [0.05, 0.1) is 12.7 Å². The SMILES string of the molecule is COc1cc(C=CCS)ccc1OC(=O)c1ccc(F)cc1. The number of hydrogen-bond acceptors (Lipinski definition) is 4. The van der Waals surface area contributed by atoms with Crippen LogP contribution < -0.4 is 9.47 Å². The second kappa shape index (κ2) is 7.66. The number of ether oxygens (including phenoxy) is 2. The van der Waals surface area contributed by atoms with E-state index in [2.05, 4.69) is 12.6 Å². The van der Waals surface area contributed by atoms with Crippen molar-refractivity contribution in [2.24, 2.45) is 0 Å². The molecule has 0 aromatic heterocycles. The van der Waals surface area contributed by atoms with Gasteiger partial charge in [-0.25, -0.2) is 9.18 Å². The molecule has 0 radical (unpaired) electrons. The molecule has 22 heavy (non-hydrogen) atoms. The van der Waals surface area contributed by atoms with E-state index >= 15 is 0 Å². The highest BCUT2D eigenvalue weighted by molar-refractivity contribution is 7.80. The molecule has 0 aliphatic rings. The Morgan fingerprint density at radius 3 is 2.55 bits per heavy atom. The van der Waals surface area contributed by atoms with Crippen molar-refractivity contribution < 1.29 is 18.7 Å². The topological polar surface area (TPSA) is 35.5 Å². The number of halogens is 1. The summed E-state index contributed by atoms with van der Waals surface area (Å²) in [6.07, 6.45) is 3.78. The number of carbonyl (C=O) groups is 1. The first-order chi connectivity index (χ1) is 10.6. The Morgan fingerprint density at radius 2 is 1.91 bits per heavy atom. The molecule has 0 saturated heterocycles. The monoisotopic (exact) mass is 318 g/mol. The summed E-state index contributed by atoms with van der Waals surface area (Å²) in [4.78, 5) is 12.0. The first kappa shape index (κ1) is 16.1. The smallest absolute Gasteiger partial charge is 0.343 e. The van der Waals surface area contributed by atoms with Crippen molar-refractivity contribution in [1.29, 1.82) is 0 Å². The van der Waals surface area contributed by atoms with Crippen LogP contribution in [0.25, 0.3) is 6.08 Å². The molecular formula is C17H15FO3S. The zero-order chi connectivity index (χ0) is 15.9. The molecule has 0 aliphatic heterocycles. The number of thiol groups is 1. The average Bonchev–Trinajstić information content (AvgIpc) is 2.54. The van der Waals surface area contributed by atoms with Gasteiger partial charge in [0.1, 0.15) is 5.82 Å². The zero-order valence-corrected chi connectivity index (χ0v) is 12.8. The van der Waals surface area contributed by atoms with Crippen LogP contribution in [-0.4, -0.2) is 18.8 Å². The van der Waals surface area contributed by atoms with Crippen molar-refractivity contribution in [3.8, 4) is 11.5 Å². The molecule has 0 aliphatic carbocycles. The number of carbonyl (C=O) groups excluding carboxylic acids is 1. The molecule has 0 spiro atoms. The molecule has 2 aromatic rings. The summed E-state index contributed by atoms with van der Waals surface area (Å²) in [6, 6.07) is 10.4. The third-order valence-electron chi connectivity index (χ3n) is 2.89. The first-order valence-corrected chi connectivity index (χ1v) is 7.20. The van der Waals surface area contributed by atoms with Crippen molar-refractivity contribution >= 4 is 24.7 Å². The van der Waals surface area contributed by atoms with E-state index < -0.39 is 11.8 Å². The summed E-state index contributed by atoms with van der Waals surface area (Å²) >= 11 is 4.10. The second-order valence-electron chi connectivity index (χ2n) is 4.39. The molecule has 3 nitrogen and oxygen atoms in total. The van der Waals surface area contributed by atoms with E-state index in [0.29, 0.717) is 17.3 Å². The molecule has 0 saturated carbocycles. The van der Waals surface area contributed by atoms with Gasteiger partial charge in [0.2, 0.25) is 0 Å².